The van der Waals surface area contributed by atoms with Gasteiger partial charge in [-0.1, -0.05) is 19.1 Å². The van der Waals surface area contributed by atoms with Crippen molar-refractivity contribution in [3.63, 3.8) is 0 Å². The molecular weight excluding hydrogens is 346 g/mol. The van der Waals surface area contributed by atoms with Crippen molar-refractivity contribution in [3.8, 4) is 0 Å². The van der Waals surface area contributed by atoms with E-state index in [-0.39, 0.29) is 23.4 Å². The van der Waals surface area contributed by atoms with Crippen LogP contribution in [0.5, 0.6) is 0 Å². The minimum absolute atomic E-state index is 0. The van der Waals surface area contributed by atoms with Gasteiger partial charge in [-0.2, -0.15) is 0 Å². The average Bonchev–Trinajstić information content (AvgIpc) is 2.55. The number of rotatable bonds is 4. The second-order valence-electron chi connectivity index (χ2n) is 4.90. The molecule has 0 aliphatic carbocycles. The summed E-state index contributed by atoms with van der Waals surface area (Å²) in [6, 6.07) is 13.8. The molecule has 0 heterocycles. The monoisotopic (exact) mass is 363 g/mol. The molecule has 4 N–H and O–H groups in total. The minimum Gasteiger partial charge on any atom is -0.366 e. The van der Waals surface area contributed by atoms with Crippen molar-refractivity contribution >= 4 is 47.2 Å². The number of anilines is 1. The van der Waals surface area contributed by atoms with E-state index in [1.807, 2.05) is 12.1 Å². The van der Waals surface area contributed by atoms with Crippen LogP contribution in [0.25, 0.3) is 0 Å². The molecule has 7 heteroatoms. The van der Waals surface area contributed by atoms with Crippen LogP contribution >= 0.6 is 24.6 Å². The van der Waals surface area contributed by atoms with Gasteiger partial charge < -0.3 is 11.1 Å². The van der Waals surface area contributed by atoms with Crippen LogP contribution in [-0.4, -0.2) is 16.9 Å². The maximum absolute atomic E-state index is 12.1. The highest BCUT2D eigenvalue weighted by Crippen LogP contribution is 2.09. The van der Waals surface area contributed by atoms with Gasteiger partial charge >= 0.3 is 0 Å². The highest BCUT2D eigenvalue weighted by atomic mass is 35.5. The van der Waals surface area contributed by atoms with Crippen LogP contribution < -0.4 is 16.4 Å². The molecule has 0 spiro atoms. The van der Waals surface area contributed by atoms with Crippen LogP contribution in [0, 0.1) is 0 Å². The largest absolute Gasteiger partial charge is 0.366 e. The number of aryl methyl sites for hydroxylation is 1. The molecule has 0 saturated heterocycles. The van der Waals surface area contributed by atoms with Crippen LogP contribution in [0.2, 0.25) is 0 Å². The van der Waals surface area contributed by atoms with E-state index in [0.717, 1.165) is 12.0 Å². The van der Waals surface area contributed by atoms with Gasteiger partial charge in [0.05, 0.1) is 0 Å². The molecule has 0 atom stereocenters. The summed E-state index contributed by atoms with van der Waals surface area (Å²) in [6.45, 7) is 2.05. The summed E-state index contributed by atoms with van der Waals surface area (Å²) in [6.07, 6.45) is 0.920. The fourth-order valence-corrected chi connectivity index (χ4v) is 2.16. The summed E-state index contributed by atoms with van der Waals surface area (Å²) in [5.74, 6) is -0.776. The highest BCUT2D eigenvalue weighted by molar-refractivity contribution is 7.80. The van der Waals surface area contributed by atoms with Gasteiger partial charge in [0.25, 0.3) is 5.91 Å². The van der Waals surface area contributed by atoms with Gasteiger partial charge in [0.2, 0.25) is 5.91 Å². The second-order valence-corrected chi connectivity index (χ2v) is 5.31. The molecule has 2 aromatic rings. The lowest BCUT2D eigenvalue weighted by Gasteiger charge is -2.10. The van der Waals surface area contributed by atoms with Crippen LogP contribution in [0.1, 0.15) is 33.2 Å². The number of nitrogens with two attached hydrogens (primary N) is 1. The van der Waals surface area contributed by atoms with E-state index < -0.39 is 5.91 Å². The summed E-state index contributed by atoms with van der Waals surface area (Å²) < 4.78 is 0. The molecule has 0 unspecified atom stereocenters. The molecule has 5 nitrogen and oxygen atoms in total. The maximum Gasteiger partial charge on any atom is 0.257 e. The van der Waals surface area contributed by atoms with Gasteiger partial charge in [-0.15, -0.1) is 12.4 Å². The topological polar surface area (TPSA) is 84.2 Å². The van der Waals surface area contributed by atoms with E-state index in [0.29, 0.717) is 16.8 Å². The third-order valence-corrected chi connectivity index (χ3v) is 3.48. The Labute approximate surface area is 152 Å². The number of carbonyl (C=O) groups excluding carboxylic acids is 2. The lowest BCUT2D eigenvalue weighted by atomic mass is 10.1. The third kappa shape index (κ3) is 5.33. The highest BCUT2D eigenvalue weighted by Gasteiger charge is 2.08. The molecule has 0 aliphatic heterocycles. The van der Waals surface area contributed by atoms with Gasteiger partial charge in [0, 0.05) is 16.8 Å². The van der Waals surface area contributed by atoms with E-state index in [1.165, 1.54) is 0 Å². The summed E-state index contributed by atoms with van der Waals surface area (Å²) in [4.78, 5) is 23.1. The standard InChI is InChI=1S/C17H17N3O2S.ClH/c1-2-11-3-5-13(6-4-11)16(22)20-17(23)19-14-9-7-12(8-10-14)15(18)21;/h3-10H,2H2,1H3,(H2,18,21)(H2,19,20,22,23);1H. The molecule has 24 heavy (non-hydrogen) atoms. The molecule has 126 valence electrons. The minimum atomic E-state index is -0.497. The van der Waals surface area contributed by atoms with Crippen molar-refractivity contribution in [2.24, 2.45) is 5.73 Å². The van der Waals surface area contributed by atoms with Crippen molar-refractivity contribution in [1.82, 2.24) is 5.32 Å². The zero-order valence-corrected chi connectivity index (χ0v) is 14.7. The zero-order valence-electron chi connectivity index (χ0n) is 13.0. The van der Waals surface area contributed by atoms with Gasteiger partial charge in [-0.05, 0) is 60.6 Å². The van der Waals surface area contributed by atoms with Gasteiger partial charge in [0.15, 0.2) is 5.11 Å². The fraction of sp³-hybridized carbons (Fsp3) is 0.118. The van der Waals surface area contributed by atoms with E-state index in [1.54, 1.807) is 36.4 Å². The lowest BCUT2D eigenvalue weighted by molar-refractivity contribution is 0.0975. The number of thiocarbonyl (C=S) groups is 1. The quantitative estimate of drug-likeness (QED) is 0.729. The molecule has 2 rings (SSSR count). The number of halogens is 1. The number of carbonyl (C=O) groups is 2. The van der Waals surface area contributed by atoms with Crippen molar-refractivity contribution in [2.75, 3.05) is 5.32 Å². The lowest BCUT2D eigenvalue weighted by Crippen LogP contribution is -2.34. The molecule has 0 bridgehead atoms. The summed E-state index contributed by atoms with van der Waals surface area (Å²) in [5, 5.41) is 5.67. The number of nitrogens with one attached hydrogen (secondary N) is 2. The Bertz CT molecular complexity index is 731. The molecule has 0 radical (unpaired) electrons. The number of amides is 2. The van der Waals surface area contributed by atoms with Crippen LogP contribution in [0.4, 0.5) is 5.69 Å². The summed E-state index contributed by atoms with van der Waals surface area (Å²) in [7, 11) is 0. The third-order valence-electron chi connectivity index (χ3n) is 3.28. The normalized spacial score (nSPS) is 9.54. The van der Waals surface area contributed by atoms with Crippen LogP contribution in [0.15, 0.2) is 48.5 Å². The number of hydrogen-bond acceptors (Lipinski definition) is 3. The first-order valence-electron chi connectivity index (χ1n) is 7.10. The van der Waals surface area contributed by atoms with E-state index in [4.69, 9.17) is 18.0 Å². The Morgan fingerprint density at radius 2 is 1.54 bits per heavy atom. The van der Waals surface area contributed by atoms with Crippen molar-refractivity contribution in [1.29, 1.82) is 0 Å². The Kier molecular flexibility index (Phi) is 7.35. The van der Waals surface area contributed by atoms with Crippen molar-refractivity contribution in [3.05, 3.63) is 65.2 Å². The smallest absolute Gasteiger partial charge is 0.257 e. The Hall–Kier alpha value is -2.44. The summed E-state index contributed by atoms with van der Waals surface area (Å²) in [5.41, 5.74) is 7.93. The molecule has 2 amide bonds. The van der Waals surface area contributed by atoms with E-state index >= 15 is 0 Å². The maximum atomic E-state index is 12.1. The first-order valence-corrected chi connectivity index (χ1v) is 7.51. The Morgan fingerprint density at radius 1 is 1.00 bits per heavy atom. The molecule has 0 saturated carbocycles. The first-order chi connectivity index (χ1) is 11.0. The average molecular weight is 364 g/mol. The molecule has 0 aliphatic rings. The number of hydrogen-bond donors (Lipinski definition) is 3. The van der Waals surface area contributed by atoms with Crippen LogP contribution in [-0.2, 0) is 6.42 Å². The SMILES string of the molecule is CCc1ccc(C(=O)NC(=S)Nc2ccc(C(N)=O)cc2)cc1.Cl. The summed E-state index contributed by atoms with van der Waals surface area (Å²) >= 11 is 5.11. The predicted octanol–water partition coefficient (Wildman–Crippen LogP) is 2.90. The predicted molar refractivity (Wildman–Crippen MR) is 102 cm³/mol. The fourth-order valence-electron chi connectivity index (χ4n) is 1.95. The van der Waals surface area contributed by atoms with E-state index in [2.05, 4.69) is 17.6 Å². The zero-order chi connectivity index (χ0) is 16.8. The van der Waals surface area contributed by atoms with E-state index in [9.17, 15) is 9.59 Å². The molecular formula is C17H18ClN3O2S. The van der Waals surface area contributed by atoms with Crippen molar-refractivity contribution in [2.45, 2.75) is 13.3 Å². The second kappa shape index (κ2) is 9.00. The molecule has 0 fully saturated rings. The number of benzene rings is 2. The molecule has 0 aromatic heterocycles. The Morgan fingerprint density at radius 3 is 2.04 bits per heavy atom. The van der Waals surface area contributed by atoms with Gasteiger partial charge in [-0.25, -0.2) is 0 Å². The van der Waals surface area contributed by atoms with Crippen molar-refractivity contribution < 1.29 is 9.59 Å². The van der Waals surface area contributed by atoms with Crippen LogP contribution in [0.3, 0.4) is 0 Å². The van der Waals surface area contributed by atoms with Gasteiger partial charge in [-0.3, -0.25) is 14.9 Å². The Balaban J connectivity index is 0.00000288. The van der Waals surface area contributed by atoms with Gasteiger partial charge in [0.1, 0.15) is 0 Å². The molecule has 2 aromatic carbocycles. The first kappa shape index (κ1) is 19.6. The number of primary amides is 1.